The average Bonchev–Trinajstić information content (AvgIpc) is 2.84. The Balaban J connectivity index is 2.23. The first-order chi connectivity index (χ1) is 8.76. The Labute approximate surface area is 106 Å². The van der Waals surface area contributed by atoms with Crippen molar-refractivity contribution in [2.24, 2.45) is 5.84 Å². The fourth-order valence-corrected chi connectivity index (χ4v) is 2.02. The van der Waals surface area contributed by atoms with Crippen molar-refractivity contribution in [3.63, 3.8) is 0 Å². The number of nitrogens with one attached hydrogen (secondary N) is 1. The normalized spacial score (nSPS) is 12.6. The summed E-state index contributed by atoms with van der Waals surface area (Å²) in [6.07, 6.45) is 4.20. The molecule has 1 atom stereocenters. The number of imidazole rings is 1. The van der Waals surface area contributed by atoms with E-state index >= 15 is 0 Å². The highest BCUT2D eigenvalue weighted by Crippen LogP contribution is 2.19. The highest BCUT2D eigenvalue weighted by Gasteiger charge is 2.16. The van der Waals surface area contributed by atoms with E-state index in [1.165, 1.54) is 6.07 Å². The molecule has 4 nitrogen and oxygen atoms in total. The van der Waals surface area contributed by atoms with Gasteiger partial charge in [-0.25, -0.2) is 9.37 Å². The number of nitrogens with zero attached hydrogens (tertiary/aromatic N) is 2. The molecule has 2 rings (SSSR count). The van der Waals surface area contributed by atoms with Crippen molar-refractivity contribution in [1.82, 2.24) is 15.0 Å². The van der Waals surface area contributed by atoms with E-state index in [1.807, 2.05) is 17.7 Å². The van der Waals surface area contributed by atoms with Crippen LogP contribution in [0.4, 0.5) is 4.39 Å². The molecule has 96 valence electrons. The predicted molar refractivity (Wildman–Crippen MR) is 68.1 cm³/mol. The fourth-order valence-electron chi connectivity index (χ4n) is 2.02. The number of benzene rings is 1. The quantitative estimate of drug-likeness (QED) is 0.626. The Hall–Kier alpha value is -1.72. The van der Waals surface area contributed by atoms with Crippen molar-refractivity contribution in [2.45, 2.75) is 25.9 Å². The number of hydrogen-bond acceptors (Lipinski definition) is 3. The van der Waals surface area contributed by atoms with E-state index in [-0.39, 0.29) is 11.9 Å². The molecule has 0 amide bonds. The van der Waals surface area contributed by atoms with Gasteiger partial charge >= 0.3 is 0 Å². The molecule has 2 aromatic rings. The van der Waals surface area contributed by atoms with E-state index in [0.717, 1.165) is 12.4 Å². The Morgan fingerprint density at radius 2 is 2.22 bits per heavy atom. The summed E-state index contributed by atoms with van der Waals surface area (Å²) in [5, 5.41) is 0. The molecule has 0 radical (unpaired) electrons. The molecule has 0 saturated carbocycles. The van der Waals surface area contributed by atoms with Gasteiger partial charge in [0.05, 0.1) is 6.04 Å². The van der Waals surface area contributed by atoms with Crippen molar-refractivity contribution in [3.8, 4) is 0 Å². The Morgan fingerprint density at radius 1 is 1.44 bits per heavy atom. The number of hydrogen-bond donors (Lipinski definition) is 2. The van der Waals surface area contributed by atoms with Crippen LogP contribution in [0.25, 0.3) is 0 Å². The maximum atomic E-state index is 13.7. The smallest absolute Gasteiger partial charge is 0.128 e. The van der Waals surface area contributed by atoms with Gasteiger partial charge in [0.25, 0.3) is 0 Å². The van der Waals surface area contributed by atoms with Crippen LogP contribution in [0.3, 0.4) is 0 Å². The molecule has 3 N–H and O–H groups in total. The number of hydrazine groups is 1. The van der Waals surface area contributed by atoms with Crippen molar-refractivity contribution in [1.29, 1.82) is 0 Å². The second-order valence-corrected chi connectivity index (χ2v) is 4.07. The zero-order valence-corrected chi connectivity index (χ0v) is 10.3. The molecule has 1 aromatic carbocycles. The Kier molecular flexibility index (Phi) is 4.07. The standard InChI is InChI=1S/C13H17FN4/c1-2-18-8-7-16-13(18)9-12(17-15)10-5-3-4-6-11(10)14/h3-8,12,17H,2,9,15H2,1H3. The summed E-state index contributed by atoms with van der Waals surface area (Å²) >= 11 is 0. The van der Waals surface area contributed by atoms with Crippen LogP contribution in [0.2, 0.25) is 0 Å². The lowest BCUT2D eigenvalue weighted by atomic mass is 10.0. The minimum absolute atomic E-state index is 0.255. The van der Waals surface area contributed by atoms with Gasteiger partial charge in [-0.05, 0) is 13.0 Å². The number of rotatable bonds is 5. The molecule has 0 aliphatic rings. The summed E-state index contributed by atoms with van der Waals surface area (Å²) in [7, 11) is 0. The van der Waals surface area contributed by atoms with Crippen LogP contribution >= 0.6 is 0 Å². The van der Waals surface area contributed by atoms with Crippen molar-refractivity contribution in [2.75, 3.05) is 0 Å². The van der Waals surface area contributed by atoms with E-state index in [2.05, 4.69) is 10.4 Å². The Morgan fingerprint density at radius 3 is 2.89 bits per heavy atom. The summed E-state index contributed by atoms with van der Waals surface area (Å²) in [5.41, 5.74) is 3.22. The van der Waals surface area contributed by atoms with Gasteiger partial charge in [0.15, 0.2) is 0 Å². The van der Waals surface area contributed by atoms with E-state index in [9.17, 15) is 4.39 Å². The zero-order chi connectivity index (χ0) is 13.0. The van der Waals surface area contributed by atoms with Crippen LogP contribution in [-0.2, 0) is 13.0 Å². The predicted octanol–water partition coefficient (Wildman–Crippen LogP) is 1.79. The zero-order valence-electron chi connectivity index (χ0n) is 10.3. The molecule has 5 heteroatoms. The highest BCUT2D eigenvalue weighted by molar-refractivity contribution is 5.22. The van der Waals surface area contributed by atoms with Crippen LogP contribution in [0.1, 0.15) is 24.4 Å². The SMILES string of the molecule is CCn1ccnc1CC(NN)c1ccccc1F. The highest BCUT2D eigenvalue weighted by atomic mass is 19.1. The van der Waals surface area contributed by atoms with Crippen LogP contribution < -0.4 is 11.3 Å². The summed E-state index contributed by atoms with van der Waals surface area (Å²) < 4.78 is 15.7. The fraction of sp³-hybridized carbons (Fsp3) is 0.308. The first-order valence-electron chi connectivity index (χ1n) is 5.96. The maximum absolute atomic E-state index is 13.7. The second-order valence-electron chi connectivity index (χ2n) is 4.07. The molecule has 0 spiro atoms. The number of halogens is 1. The molecule has 0 aliphatic heterocycles. The van der Waals surface area contributed by atoms with E-state index in [0.29, 0.717) is 12.0 Å². The van der Waals surface area contributed by atoms with Crippen LogP contribution in [0, 0.1) is 5.82 Å². The molecule has 1 aromatic heterocycles. The van der Waals surface area contributed by atoms with E-state index in [1.54, 1.807) is 24.4 Å². The van der Waals surface area contributed by atoms with Crippen LogP contribution in [-0.4, -0.2) is 9.55 Å². The molecule has 1 heterocycles. The first kappa shape index (κ1) is 12.7. The topological polar surface area (TPSA) is 55.9 Å². The van der Waals surface area contributed by atoms with Gasteiger partial charge in [-0.3, -0.25) is 11.3 Å². The lowest BCUT2D eigenvalue weighted by Crippen LogP contribution is -2.31. The van der Waals surface area contributed by atoms with Gasteiger partial charge in [0, 0.05) is 30.9 Å². The molecule has 1 unspecified atom stereocenters. The van der Waals surface area contributed by atoms with Gasteiger partial charge in [0.1, 0.15) is 11.6 Å². The van der Waals surface area contributed by atoms with Gasteiger partial charge in [-0.1, -0.05) is 18.2 Å². The largest absolute Gasteiger partial charge is 0.335 e. The third-order valence-electron chi connectivity index (χ3n) is 3.01. The summed E-state index contributed by atoms with van der Waals surface area (Å²) in [6.45, 7) is 2.88. The summed E-state index contributed by atoms with van der Waals surface area (Å²) in [4.78, 5) is 4.27. The lowest BCUT2D eigenvalue weighted by Gasteiger charge is -2.17. The van der Waals surface area contributed by atoms with Gasteiger partial charge < -0.3 is 4.57 Å². The van der Waals surface area contributed by atoms with E-state index < -0.39 is 0 Å². The van der Waals surface area contributed by atoms with Crippen LogP contribution in [0.5, 0.6) is 0 Å². The van der Waals surface area contributed by atoms with E-state index in [4.69, 9.17) is 5.84 Å². The van der Waals surface area contributed by atoms with Gasteiger partial charge in [-0.2, -0.15) is 0 Å². The average molecular weight is 248 g/mol. The number of aryl methyl sites for hydroxylation is 1. The third kappa shape index (κ3) is 2.57. The van der Waals surface area contributed by atoms with Crippen molar-refractivity contribution in [3.05, 3.63) is 53.9 Å². The minimum atomic E-state index is -0.279. The first-order valence-corrected chi connectivity index (χ1v) is 5.96. The monoisotopic (exact) mass is 248 g/mol. The maximum Gasteiger partial charge on any atom is 0.128 e. The lowest BCUT2D eigenvalue weighted by molar-refractivity contribution is 0.492. The van der Waals surface area contributed by atoms with Crippen molar-refractivity contribution >= 4 is 0 Å². The van der Waals surface area contributed by atoms with Crippen LogP contribution in [0.15, 0.2) is 36.7 Å². The van der Waals surface area contributed by atoms with Crippen molar-refractivity contribution < 1.29 is 4.39 Å². The molecule has 0 bridgehead atoms. The molecular weight excluding hydrogens is 231 g/mol. The Bertz CT molecular complexity index is 509. The number of nitrogens with two attached hydrogens (primary N) is 1. The van der Waals surface area contributed by atoms with Gasteiger partial charge in [-0.15, -0.1) is 0 Å². The minimum Gasteiger partial charge on any atom is -0.335 e. The number of aromatic nitrogens is 2. The third-order valence-corrected chi connectivity index (χ3v) is 3.01. The molecular formula is C13H17FN4. The molecule has 0 saturated heterocycles. The summed E-state index contributed by atoms with van der Waals surface area (Å²) in [6, 6.07) is 6.36. The second kappa shape index (κ2) is 5.75. The molecule has 0 fully saturated rings. The van der Waals surface area contributed by atoms with Gasteiger partial charge in [0.2, 0.25) is 0 Å². The molecule has 18 heavy (non-hydrogen) atoms. The molecule has 0 aliphatic carbocycles. The summed E-state index contributed by atoms with van der Waals surface area (Å²) in [5.74, 6) is 6.17.